The molecule has 2 heterocycles. The summed E-state index contributed by atoms with van der Waals surface area (Å²) in [5.41, 5.74) is -2.43. The summed E-state index contributed by atoms with van der Waals surface area (Å²) in [4.78, 5) is 34.1. The van der Waals surface area contributed by atoms with Gasteiger partial charge in [0, 0.05) is 24.3 Å². The van der Waals surface area contributed by atoms with Crippen LogP contribution in [0.3, 0.4) is 0 Å². The molecule has 0 radical (unpaired) electrons. The molecule has 0 saturated heterocycles. The third kappa shape index (κ3) is 2.37. The van der Waals surface area contributed by atoms with E-state index >= 15 is 0 Å². The van der Waals surface area contributed by atoms with Crippen molar-refractivity contribution < 1.29 is 42.7 Å². The van der Waals surface area contributed by atoms with Crippen molar-refractivity contribution in [2.45, 2.75) is 37.1 Å². The Hall–Kier alpha value is -2.86. The highest BCUT2D eigenvalue weighted by Gasteiger charge is 2.72. The number of carbonyl (C=O) groups excluding carboxylic acids is 2. The number of hydrogen-bond acceptors (Lipinski definition) is 7. The number of nitrogens with zero attached hydrogens (tertiary/aromatic N) is 2. The van der Waals surface area contributed by atoms with Crippen LogP contribution in [-0.4, -0.2) is 55.5 Å². The molecule has 1 fully saturated rings. The number of aromatic hydroxyl groups is 2. The molecule has 2 aliphatic rings. The summed E-state index contributed by atoms with van der Waals surface area (Å²) in [6.45, 7) is 0. The topological polar surface area (TPSA) is 174 Å². The predicted octanol–water partition coefficient (Wildman–Crippen LogP) is 0.357. The van der Waals surface area contributed by atoms with Crippen molar-refractivity contribution in [3.05, 3.63) is 24.3 Å². The maximum Gasteiger partial charge on any atom is 0.315 e. The molecule has 1 aromatic rings. The molecule has 12 heteroatoms. The predicted molar refractivity (Wildman–Crippen MR) is 91.4 cm³/mol. The third-order valence-corrected chi connectivity index (χ3v) is 6.83. The second-order valence-electron chi connectivity index (χ2n) is 6.76. The fourth-order valence-electron chi connectivity index (χ4n) is 4.26. The normalized spacial score (nSPS) is 21.7. The van der Waals surface area contributed by atoms with Crippen LogP contribution in [-0.2, 0) is 29.5 Å². The Balaban J connectivity index is 2.54. The zero-order valence-corrected chi connectivity index (χ0v) is 15.3. The SMILES string of the molecule is O=C1C=CC(=O)N1C(n1c(O)ccc1O)(C1(C(=O)O)CCCCC1)S(=O)(=O)O. The van der Waals surface area contributed by atoms with Gasteiger partial charge < -0.3 is 15.3 Å². The fourth-order valence-corrected chi connectivity index (χ4v) is 5.88. The van der Waals surface area contributed by atoms with E-state index in [1.54, 1.807) is 0 Å². The summed E-state index contributed by atoms with van der Waals surface area (Å²) in [5, 5.41) is 30.6. The molecule has 4 N–H and O–H groups in total. The van der Waals surface area contributed by atoms with Gasteiger partial charge in [-0.3, -0.25) is 18.9 Å². The van der Waals surface area contributed by atoms with Crippen molar-refractivity contribution in [3.63, 3.8) is 0 Å². The van der Waals surface area contributed by atoms with Crippen LogP contribution in [0, 0.1) is 5.41 Å². The van der Waals surface area contributed by atoms with E-state index in [0.717, 1.165) is 24.3 Å². The molecule has 2 amide bonds. The van der Waals surface area contributed by atoms with E-state index in [9.17, 15) is 42.7 Å². The first kappa shape index (κ1) is 19.9. The lowest BCUT2D eigenvalue weighted by Crippen LogP contribution is -2.69. The Morgan fingerprint density at radius 3 is 1.86 bits per heavy atom. The first-order valence-electron chi connectivity index (χ1n) is 8.37. The van der Waals surface area contributed by atoms with Crippen LogP contribution in [0.4, 0.5) is 0 Å². The molecule has 0 aromatic carbocycles. The van der Waals surface area contributed by atoms with Gasteiger partial charge in [-0.15, -0.1) is 0 Å². The molecule has 11 nitrogen and oxygen atoms in total. The van der Waals surface area contributed by atoms with Crippen molar-refractivity contribution in [2.24, 2.45) is 5.41 Å². The van der Waals surface area contributed by atoms with Crippen LogP contribution in [0.1, 0.15) is 32.1 Å². The molecule has 1 aromatic heterocycles. The summed E-state index contributed by atoms with van der Waals surface area (Å²) >= 11 is 0. The van der Waals surface area contributed by atoms with Gasteiger partial charge in [0.15, 0.2) is 11.8 Å². The largest absolute Gasteiger partial charge is 0.494 e. The molecule has 0 bridgehead atoms. The molecule has 1 aliphatic heterocycles. The second kappa shape index (κ2) is 6.34. The van der Waals surface area contributed by atoms with Gasteiger partial charge in [0.25, 0.3) is 16.8 Å². The number of aliphatic carboxylic acids is 1. The summed E-state index contributed by atoms with van der Waals surface area (Å²) < 4.78 is 36.2. The summed E-state index contributed by atoms with van der Waals surface area (Å²) in [7, 11) is -5.64. The number of rotatable bonds is 5. The Bertz CT molecular complexity index is 950. The Kier molecular flexibility index (Phi) is 4.51. The summed E-state index contributed by atoms with van der Waals surface area (Å²) in [6, 6.07) is 1.71. The summed E-state index contributed by atoms with van der Waals surface area (Å²) in [6.07, 6.45) is 1.76. The monoisotopic (exact) mass is 414 g/mol. The maximum atomic E-state index is 12.8. The average molecular weight is 414 g/mol. The molecule has 1 atom stereocenters. The number of carboxylic acids is 1. The molecular formula is C16H18N2O9S. The number of carbonyl (C=O) groups is 3. The lowest BCUT2D eigenvalue weighted by Gasteiger charge is -2.51. The van der Waals surface area contributed by atoms with Crippen molar-refractivity contribution >= 4 is 27.9 Å². The van der Waals surface area contributed by atoms with E-state index < -0.39 is 50.1 Å². The smallest absolute Gasteiger partial charge is 0.315 e. The van der Waals surface area contributed by atoms with E-state index in [0.29, 0.717) is 6.42 Å². The molecule has 1 unspecified atom stereocenters. The molecule has 28 heavy (non-hydrogen) atoms. The Morgan fingerprint density at radius 1 is 1.00 bits per heavy atom. The average Bonchev–Trinajstić information content (AvgIpc) is 3.12. The molecule has 1 saturated carbocycles. The van der Waals surface area contributed by atoms with Crippen LogP contribution in [0.25, 0.3) is 0 Å². The van der Waals surface area contributed by atoms with E-state index in [2.05, 4.69) is 0 Å². The van der Waals surface area contributed by atoms with Crippen molar-refractivity contribution in [1.82, 2.24) is 9.47 Å². The zero-order chi connectivity index (χ0) is 20.9. The van der Waals surface area contributed by atoms with Gasteiger partial charge >= 0.3 is 16.1 Å². The van der Waals surface area contributed by atoms with Crippen molar-refractivity contribution in [2.75, 3.05) is 0 Å². The van der Waals surface area contributed by atoms with Crippen LogP contribution >= 0.6 is 0 Å². The number of aromatic nitrogens is 1. The van der Waals surface area contributed by atoms with Gasteiger partial charge in [0.2, 0.25) is 0 Å². The van der Waals surface area contributed by atoms with Gasteiger partial charge in [0.05, 0.1) is 0 Å². The zero-order valence-electron chi connectivity index (χ0n) is 14.5. The molecule has 3 rings (SSSR count). The highest BCUT2D eigenvalue weighted by Crippen LogP contribution is 2.56. The minimum absolute atomic E-state index is 0.0706. The summed E-state index contributed by atoms with van der Waals surface area (Å²) in [5.74, 6) is -6.02. The molecule has 1 aliphatic carbocycles. The van der Waals surface area contributed by atoms with Gasteiger partial charge in [-0.2, -0.15) is 8.42 Å². The Labute approximate surface area is 159 Å². The Morgan fingerprint density at radius 2 is 1.46 bits per heavy atom. The third-order valence-electron chi connectivity index (χ3n) is 5.35. The quantitative estimate of drug-likeness (QED) is 0.391. The van der Waals surface area contributed by atoms with E-state index in [4.69, 9.17) is 0 Å². The standard InChI is InChI=1S/C16H18N2O9S/c19-10-4-5-11(20)17(10)16(28(25,26)27,18-12(21)6-7-13(18)22)15(14(23)24)8-2-1-3-9-15/h4-7,19-20H,1-3,8-9H2,(H,23,24)(H,25,26,27). The maximum absolute atomic E-state index is 12.8. The van der Waals surface area contributed by atoms with Gasteiger partial charge in [-0.25, -0.2) is 9.47 Å². The molecule has 152 valence electrons. The van der Waals surface area contributed by atoms with Gasteiger partial charge in [-0.1, -0.05) is 19.3 Å². The van der Waals surface area contributed by atoms with Crippen molar-refractivity contribution in [1.29, 1.82) is 0 Å². The second-order valence-corrected chi connectivity index (χ2v) is 8.28. The fraction of sp³-hybridized carbons (Fsp3) is 0.438. The van der Waals surface area contributed by atoms with Crippen LogP contribution < -0.4 is 0 Å². The molecule has 0 spiro atoms. The molecular weight excluding hydrogens is 396 g/mol. The van der Waals surface area contributed by atoms with Crippen molar-refractivity contribution in [3.8, 4) is 11.8 Å². The lowest BCUT2D eigenvalue weighted by molar-refractivity contribution is -0.172. The first-order chi connectivity index (χ1) is 13.0. The lowest BCUT2D eigenvalue weighted by atomic mass is 9.70. The van der Waals surface area contributed by atoms with Gasteiger partial charge in [-0.05, 0) is 12.8 Å². The number of amides is 2. The number of imide groups is 1. The highest BCUT2D eigenvalue weighted by molar-refractivity contribution is 7.86. The number of hydrogen-bond donors (Lipinski definition) is 4. The van der Waals surface area contributed by atoms with Crippen LogP contribution in [0.15, 0.2) is 24.3 Å². The number of carboxylic acid groups (broad SMARTS) is 1. The highest BCUT2D eigenvalue weighted by atomic mass is 32.2. The minimum atomic E-state index is -5.64. The van der Waals surface area contributed by atoms with Gasteiger partial charge in [0.1, 0.15) is 5.41 Å². The van der Waals surface area contributed by atoms with E-state index in [-0.39, 0.29) is 35.2 Å². The van der Waals surface area contributed by atoms with Crippen LogP contribution in [0.5, 0.6) is 11.8 Å². The van der Waals surface area contributed by atoms with E-state index in [1.165, 1.54) is 0 Å². The first-order valence-corrected chi connectivity index (χ1v) is 9.81. The minimum Gasteiger partial charge on any atom is -0.494 e. The van der Waals surface area contributed by atoms with E-state index in [1.807, 2.05) is 0 Å². The van der Waals surface area contributed by atoms with Crippen LogP contribution in [0.2, 0.25) is 0 Å².